The van der Waals surface area contributed by atoms with E-state index in [2.05, 4.69) is 27.9 Å². The number of benzene rings is 1. The van der Waals surface area contributed by atoms with Gasteiger partial charge in [-0.1, -0.05) is 18.2 Å². The molecule has 1 saturated heterocycles. The van der Waals surface area contributed by atoms with Gasteiger partial charge in [0.1, 0.15) is 11.9 Å². The highest BCUT2D eigenvalue weighted by molar-refractivity contribution is 7.80. The van der Waals surface area contributed by atoms with E-state index >= 15 is 0 Å². The average molecular weight is 366 g/mol. The molecule has 6 heteroatoms. The summed E-state index contributed by atoms with van der Waals surface area (Å²) in [5.41, 5.74) is 2.42. The molecule has 3 heterocycles. The number of hydrogen-bond acceptors (Lipinski definition) is 2. The molecule has 0 aliphatic carbocycles. The molecular formula is C20H19FN4S. The Hall–Kier alpha value is -2.73. The Labute approximate surface area is 157 Å². The van der Waals surface area contributed by atoms with Crippen LogP contribution < -0.4 is 10.2 Å². The topological polar surface area (TPSA) is 33.1 Å². The highest BCUT2D eigenvalue weighted by Gasteiger charge is 2.42. The number of anilines is 1. The monoisotopic (exact) mass is 366 g/mol. The van der Waals surface area contributed by atoms with Crippen molar-refractivity contribution in [3.8, 4) is 0 Å². The molecule has 1 N–H and O–H groups in total. The maximum absolute atomic E-state index is 14.6. The Kier molecular flexibility index (Phi) is 4.42. The Morgan fingerprint density at radius 2 is 1.92 bits per heavy atom. The summed E-state index contributed by atoms with van der Waals surface area (Å²) in [6.45, 7) is 2.92. The first-order valence-corrected chi connectivity index (χ1v) is 9.01. The Bertz CT molecular complexity index is 924. The van der Waals surface area contributed by atoms with Gasteiger partial charge in [-0.05, 0) is 55.5 Å². The first-order chi connectivity index (χ1) is 12.7. The zero-order valence-electron chi connectivity index (χ0n) is 14.3. The third-order valence-electron chi connectivity index (χ3n) is 4.72. The number of thiocarbonyl (C=S) groups is 1. The average Bonchev–Trinajstić information content (AvgIpc) is 3.26. The Morgan fingerprint density at radius 3 is 2.65 bits per heavy atom. The largest absolute Gasteiger partial charge is 0.351 e. The fourth-order valence-electron chi connectivity index (χ4n) is 3.55. The van der Waals surface area contributed by atoms with Gasteiger partial charge in [0.05, 0.1) is 17.4 Å². The second kappa shape index (κ2) is 6.88. The van der Waals surface area contributed by atoms with Gasteiger partial charge in [-0.15, -0.1) is 0 Å². The lowest BCUT2D eigenvalue weighted by Gasteiger charge is -2.29. The first kappa shape index (κ1) is 16.7. The van der Waals surface area contributed by atoms with Crippen LogP contribution in [0.1, 0.15) is 30.4 Å². The number of para-hydroxylation sites is 1. The smallest absolute Gasteiger partial charge is 0.174 e. The maximum Gasteiger partial charge on any atom is 0.174 e. The van der Waals surface area contributed by atoms with Crippen molar-refractivity contribution < 1.29 is 4.39 Å². The van der Waals surface area contributed by atoms with E-state index in [-0.39, 0.29) is 17.9 Å². The van der Waals surface area contributed by atoms with Gasteiger partial charge >= 0.3 is 0 Å². The van der Waals surface area contributed by atoms with Gasteiger partial charge in [0, 0.05) is 24.6 Å². The number of halogens is 1. The molecule has 0 amide bonds. The van der Waals surface area contributed by atoms with Gasteiger partial charge in [-0.25, -0.2) is 4.39 Å². The summed E-state index contributed by atoms with van der Waals surface area (Å²) < 4.78 is 16.7. The molecule has 3 aromatic rings. The minimum Gasteiger partial charge on any atom is -0.351 e. The minimum atomic E-state index is -0.294. The van der Waals surface area contributed by atoms with E-state index in [0.29, 0.717) is 10.8 Å². The number of aromatic nitrogens is 2. The molecule has 4 nitrogen and oxygen atoms in total. The maximum atomic E-state index is 14.6. The summed E-state index contributed by atoms with van der Waals surface area (Å²) in [4.78, 5) is 6.38. The summed E-state index contributed by atoms with van der Waals surface area (Å²) in [6, 6.07) is 16.3. The third kappa shape index (κ3) is 2.76. The normalized spacial score (nSPS) is 19.6. The van der Waals surface area contributed by atoms with Crippen LogP contribution in [0, 0.1) is 5.82 Å². The van der Waals surface area contributed by atoms with Gasteiger partial charge in [0.25, 0.3) is 0 Å². The molecule has 4 rings (SSSR count). The van der Waals surface area contributed by atoms with Crippen LogP contribution >= 0.6 is 12.2 Å². The summed E-state index contributed by atoms with van der Waals surface area (Å²) in [6.07, 6.45) is 3.80. The van der Waals surface area contributed by atoms with Crippen molar-refractivity contribution >= 4 is 23.0 Å². The second-order valence-electron chi connectivity index (χ2n) is 6.17. The molecule has 0 radical (unpaired) electrons. The molecule has 0 spiro atoms. The zero-order chi connectivity index (χ0) is 18.1. The first-order valence-electron chi connectivity index (χ1n) is 8.61. The van der Waals surface area contributed by atoms with Crippen LogP contribution in [-0.2, 0) is 6.54 Å². The lowest BCUT2D eigenvalue weighted by Crippen LogP contribution is -2.31. The van der Waals surface area contributed by atoms with Gasteiger partial charge in [0.15, 0.2) is 5.11 Å². The quantitative estimate of drug-likeness (QED) is 0.701. The van der Waals surface area contributed by atoms with Crippen LogP contribution in [-0.4, -0.2) is 14.7 Å². The molecule has 0 saturated carbocycles. The molecule has 2 atom stereocenters. The van der Waals surface area contributed by atoms with E-state index in [9.17, 15) is 4.39 Å². The predicted molar refractivity (Wildman–Crippen MR) is 104 cm³/mol. The van der Waals surface area contributed by atoms with Crippen molar-refractivity contribution in [3.63, 3.8) is 0 Å². The lowest BCUT2D eigenvalue weighted by atomic mass is 10.0. The van der Waals surface area contributed by atoms with Crippen LogP contribution in [0.5, 0.6) is 0 Å². The van der Waals surface area contributed by atoms with E-state index in [1.54, 1.807) is 18.3 Å². The number of rotatable bonds is 4. The van der Waals surface area contributed by atoms with Crippen molar-refractivity contribution in [2.45, 2.75) is 25.6 Å². The number of pyridine rings is 1. The number of nitrogens with zero attached hydrogens (tertiary/aromatic N) is 3. The molecule has 1 aromatic carbocycles. The van der Waals surface area contributed by atoms with Crippen LogP contribution in [0.15, 0.2) is 67.0 Å². The number of hydrogen-bond donors (Lipinski definition) is 1. The highest BCUT2D eigenvalue weighted by atomic mass is 32.1. The second-order valence-corrected chi connectivity index (χ2v) is 6.55. The fraction of sp³-hybridized carbons (Fsp3) is 0.200. The van der Waals surface area contributed by atoms with E-state index in [0.717, 1.165) is 17.9 Å². The third-order valence-corrected chi connectivity index (χ3v) is 5.03. The van der Waals surface area contributed by atoms with Crippen LogP contribution in [0.2, 0.25) is 0 Å². The summed E-state index contributed by atoms with van der Waals surface area (Å²) in [7, 11) is 0. The highest BCUT2D eigenvalue weighted by Crippen LogP contribution is 2.42. The van der Waals surface area contributed by atoms with Gasteiger partial charge in [-0.2, -0.15) is 0 Å². The van der Waals surface area contributed by atoms with Crippen LogP contribution in [0.4, 0.5) is 10.1 Å². The van der Waals surface area contributed by atoms with Crippen molar-refractivity contribution in [2.75, 3.05) is 4.90 Å². The molecule has 132 valence electrons. The Balaban J connectivity index is 1.87. The SMILES string of the molecule is CCn1cccc1[C@H]1[C@@H](c2ccccn2)NC(=S)N1c1ccccc1F. The summed E-state index contributed by atoms with van der Waals surface area (Å²) in [5.74, 6) is -0.294. The minimum absolute atomic E-state index is 0.163. The van der Waals surface area contributed by atoms with Crippen LogP contribution in [0.3, 0.4) is 0 Å². The molecule has 0 unspecified atom stereocenters. The van der Waals surface area contributed by atoms with Crippen molar-refractivity contribution in [2.24, 2.45) is 0 Å². The fourth-order valence-corrected chi connectivity index (χ4v) is 3.88. The molecule has 1 aliphatic rings. The van der Waals surface area contributed by atoms with Crippen LogP contribution in [0.25, 0.3) is 0 Å². The predicted octanol–water partition coefficient (Wildman–Crippen LogP) is 4.22. The Morgan fingerprint density at radius 1 is 1.12 bits per heavy atom. The molecule has 2 aromatic heterocycles. The van der Waals surface area contributed by atoms with E-state index in [4.69, 9.17) is 12.2 Å². The van der Waals surface area contributed by atoms with Gasteiger partial charge < -0.3 is 14.8 Å². The zero-order valence-corrected chi connectivity index (χ0v) is 15.2. The summed E-state index contributed by atoms with van der Waals surface area (Å²) >= 11 is 5.60. The molecule has 1 aliphatic heterocycles. The van der Waals surface area contributed by atoms with E-state index in [1.165, 1.54) is 6.07 Å². The lowest BCUT2D eigenvalue weighted by molar-refractivity contribution is 0.524. The molecule has 0 bridgehead atoms. The standard InChI is InChI=1S/C20H19FN4S/c1-2-24-13-7-11-17(24)19-18(15-9-5-6-12-22-15)23-20(26)25(19)16-10-4-3-8-14(16)21/h3-13,18-19H,2H2,1H3,(H,23,26)/t18-,19+/m1/s1. The van der Waals surface area contributed by atoms with Crippen molar-refractivity contribution in [1.29, 1.82) is 0 Å². The van der Waals surface area contributed by atoms with Crippen molar-refractivity contribution in [3.05, 3.63) is 84.2 Å². The van der Waals surface area contributed by atoms with E-state index < -0.39 is 0 Å². The molecular weight excluding hydrogens is 347 g/mol. The van der Waals surface area contributed by atoms with E-state index in [1.807, 2.05) is 41.4 Å². The number of aryl methyl sites for hydroxylation is 1. The molecule has 26 heavy (non-hydrogen) atoms. The molecule has 1 fully saturated rings. The summed E-state index contributed by atoms with van der Waals surface area (Å²) in [5, 5.41) is 3.85. The van der Waals surface area contributed by atoms with Crippen molar-refractivity contribution in [1.82, 2.24) is 14.9 Å². The number of nitrogens with one attached hydrogen (secondary N) is 1. The van der Waals surface area contributed by atoms with Gasteiger partial charge in [0.2, 0.25) is 0 Å². The van der Waals surface area contributed by atoms with Gasteiger partial charge in [-0.3, -0.25) is 4.98 Å².